The fourth-order valence-corrected chi connectivity index (χ4v) is 3.84. The predicted octanol–water partition coefficient (Wildman–Crippen LogP) is 0.919. The molecule has 2 saturated heterocycles. The molecule has 0 aliphatic carbocycles. The number of nitrogens with zero attached hydrogens (tertiary/aromatic N) is 2. The maximum Gasteiger partial charge on any atom is 0.246 e. The maximum atomic E-state index is 12.1. The summed E-state index contributed by atoms with van der Waals surface area (Å²) in [5.74, 6) is 0.954. The zero-order chi connectivity index (χ0) is 11.9. The predicted molar refractivity (Wildman–Crippen MR) is 64.0 cm³/mol. The summed E-state index contributed by atoms with van der Waals surface area (Å²) in [7, 11) is 1.79. The molecule has 0 aromatic rings. The summed E-state index contributed by atoms with van der Waals surface area (Å²) in [6.45, 7) is 4.71. The van der Waals surface area contributed by atoms with Crippen molar-refractivity contribution in [1.82, 2.24) is 9.80 Å². The smallest absolute Gasteiger partial charge is 0.246 e. The van der Waals surface area contributed by atoms with Crippen LogP contribution in [0, 0.1) is 0 Å². The van der Waals surface area contributed by atoms with Gasteiger partial charge in [0.25, 0.3) is 0 Å². The van der Waals surface area contributed by atoms with Crippen molar-refractivity contribution in [2.24, 2.45) is 0 Å². The molecule has 2 rings (SSSR count). The van der Waals surface area contributed by atoms with Gasteiger partial charge in [0.15, 0.2) is 0 Å². The molecule has 2 aliphatic heterocycles. The summed E-state index contributed by atoms with van der Waals surface area (Å²) in [5, 5.41) is 0. The highest BCUT2D eigenvalue weighted by Crippen LogP contribution is 2.47. The molecule has 5 heteroatoms. The van der Waals surface area contributed by atoms with Gasteiger partial charge >= 0.3 is 0 Å². The van der Waals surface area contributed by atoms with Gasteiger partial charge in [-0.1, -0.05) is 0 Å². The normalized spacial score (nSPS) is 33.1. The van der Waals surface area contributed by atoms with Crippen LogP contribution in [0.3, 0.4) is 0 Å². The van der Waals surface area contributed by atoms with Crippen molar-refractivity contribution in [3.05, 3.63) is 0 Å². The first-order valence-corrected chi connectivity index (χ1v) is 6.69. The van der Waals surface area contributed by atoms with E-state index in [1.54, 1.807) is 23.7 Å². The Labute approximate surface area is 100 Å². The van der Waals surface area contributed by atoms with E-state index in [2.05, 4.69) is 6.92 Å². The second-order valence-corrected chi connectivity index (χ2v) is 6.12. The number of likely N-dealkylation sites (N-methyl/N-ethyl adjacent to an activating group) is 1. The topological polar surface area (TPSA) is 40.6 Å². The van der Waals surface area contributed by atoms with E-state index in [4.69, 9.17) is 0 Å². The summed E-state index contributed by atoms with van der Waals surface area (Å²) >= 11 is 1.74. The molecule has 2 heterocycles. The second kappa shape index (κ2) is 3.95. The van der Waals surface area contributed by atoms with Crippen molar-refractivity contribution >= 4 is 23.6 Å². The molecule has 0 aromatic carbocycles. The number of rotatable bonds is 2. The lowest BCUT2D eigenvalue weighted by molar-refractivity contribution is -0.142. The molecule has 2 fully saturated rings. The Morgan fingerprint density at radius 3 is 3.00 bits per heavy atom. The van der Waals surface area contributed by atoms with Crippen molar-refractivity contribution in [2.45, 2.75) is 37.6 Å². The van der Waals surface area contributed by atoms with Crippen LogP contribution >= 0.6 is 11.8 Å². The summed E-state index contributed by atoms with van der Waals surface area (Å²) in [4.78, 5) is 27.3. The molecule has 2 aliphatic rings. The Morgan fingerprint density at radius 2 is 2.38 bits per heavy atom. The Hall–Kier alpha value is -0.710. The van der Waals surface area contributed by atoms with Crippen LogP contribution in [-0.2, 0) is 9.59 Å². The highest BCUT2D eigenvalue weighted by Gasteiger charge is 2.53. The van der Waals surface area contributed by atoms with Crippen LogP contribution in [0.4, 0.5) is 0 Å². The molecule has 0 bridgehead atoms. The molecule has 0 aromatic heterocycles. The zero-order valence-electron chi connectivity index (χ0n) is 10.0. The molecule has 0 radical (unpaired) electrons. The number of hydrogen-bond donors (Lipinski definition) is 0. The molecular weight excluding hydrogens is 224 g/mol. The SMILES string of the molecule is CCN(C)C(=O)[C@@H]1CS[C@]2(C)CCC(=O)N12. The van der Waals surface area contributed by atoms with Gasteiger partial charge in [0.2, 0.25) is 11.8 Å². The van der Waals surface area contributed by atoms with Crippen LogP contribution in [0.1, 0.15) is 26.7 Å². The average Bonchev–Trinajstić information content (AvgIpc) is 2.75. The minimum Gasteiger partial charge on any atom is -0.344 e. The van der Waals surface area contributed by atoms with Crippen LogP contribution in [-0.4, -0.2) is 51.9 Å². The van der Waals surface area contributed by atoms with Crippen LogP contribution in [0.25, 0.3) is 0 Å². The average molecular weight is 242 g/mol. The number of fused-ring (bicyclic) bond motifs is 1. The van der Waals surface area contributed by atoms with Gasteiger partial charge in [-0.05, 0) is 20.3 Å². The van der Waals surface area contributed by atoms with Crippen molar-refractivity contribution in [1.29, 1.82) is 0 Å². The van der Waals surface area contributed by atoms with Crippen LogP contribution in [0.5, 0.6) is 0 Å². The van der Waals surface area contributed by atoms with E-state index in [0.29, 0.717) is 13.0 Å². The van der Waals surface area contributed by atoms with Crippen LogP contribution in [0.15, 0.2) is 0 Å². The Bertz CT molecular complexity index is 334. The molecular formula is C11H18N2O2S. The standard InChI is InChI=1S/C11H18N2O2S/c1-4-12(3)10(15)8-7-16-11(2)6-5-9(14)13(8)11/h8H,4-7H2,1-3H3/t8-,11+/m0/s1. The van der Waals surface area contributed by atoms with Crippen molar-refractivity contribution in [3.8, 4) is 0 Å². The van der Waals surface area contributed by atoms with E-state index in [-0.39, 0.29) is 22.7 Å². The van der Waals surface area contributed by atoms with Gasteiger partial charge < -0.3 is 9.80 Å². The van der Waals surface area contributed by atoms with Gasteiger partial charge in [-0.2, -0.15) is 0 Å². The summed E-state index contributed by atoms with van der Waals surface area (Å²) in [6, 6.07) is -0.241. The van der Waals surface area contributed by atoms with Crippen LogP contribution in [0.2, 0.25) is 0 Å². The zero-order valence-corrected chi connectivity index (χ0v) is 10.8. The fourth-order valence-electron chi connectivity index (χ4n) is 2.41. The van der Waals surface area contributed by atoms with Gasteiger partial charge in [0, 0.05) is 25.8 Å². The van der Waals surface area contributed by atoms with Crippen molar-refractivity contribution in [2.75, 3.05) is 19.3 Å². The first kappa shape index (κ1) is 11.8. The lowest BCUT2D eigenvalue weighted by Gasteiger charge is -2.31. The molecule has 0 saturated carbocycles. The van der Waals surface area contributed by atoms with E-state index in [1.165, 1.54) is 0 Å². The van der Waals surface area contributed by atoms with Gasteiger partial charge in [0.1, 0.15) is 6.04 Å². The highest BCUT2D eigenvalue weighted by atomic mass is 32.2. The third kappa shape index (κ3) is 1.61. The van der Waals surface area contributed by atoms with E-state index < -0.39 is 0 Å². The van der Waals surface area contributed by atoms with Crippen molar-refractivity contribution in [3.63, 3.8) is 0 Å². The number of carbonyl (C=O) groups is 2. The summed E-state index contributed by atoms with van der Waals surface area (Å²) in [5.41, 5.74) is 0. The molecule has 16 heavy (non-hydrogen) atoms. The van der Waals surface area contributed by atoms with Crippen LogP contribution < -0.4 is 0 Å². The first-order valence-electron chi connectivity index (χ1n) is 5.70. The van der Waals surface area contributed by atoms with Crippen molar-refractivity contribution < 1.29 is 9.59 Å². The molecule has 4 nitrogen and oxygen atoms in total. The monoisotopic (exact) mass is 242 g/mol. The number of carbonyl (C=O) groups excluding carboxylic acids is 2. The number of amides is 2. The first-order chi connectivity index (χ1) is 7.49. The number of thioether (sulfide) groups is 1. The molecule has 2 atom stereocenters. The van der Waals surface area contributed by atoms with E-state index in [9.17, 15) is 9.59 Å². The minimum atomic E-state index is -0.241. The van der Waals surface area contributed by atoms with Gasteiger partial charge in [-0.25, -0.2) is 0 Å². The molecule has 0 N–H and O–H groups in total. The minimum absolute atomic E-state index is 0.0778. The van der Waals surface area contributed by atoms with E-state index in [1.807, 2.05) is 11.8 Å². The quantitative estimate of drug-likeness (QED) is 0.723. The molecule has 0 unspecified atom stereocenters. The van der Waals surface area contributed by atoms with E-state index >= 15 is 0 Å². The largest absolute Gasteiger partial charge is 0.344 e. The van der Waals surface area contributed by atoms with E-state index in [0.717, 1.165) is 12.2 Å². The van der Waals surface area contributed by atoms with Gasteiger partial charge in [-0.15, -0.1) is 11.8 Å². The second-order valence-electron chi connectivity index (χ2n) is 4.62. The third-order valence-corrected chi connectivity index (χ3v) is 5.09. The lowest BCUT2D eigenvalue weighted by atomic mass is 10.2. The molecule has 2 amide bonds. The summed E-state index contributed by atoms with van der Waals surface area (Å²) < 4.78 is 0. The van der Waals surface area contributed by atoms with Gasteiger partial charge in [-0.3, -0.25) is 9.59 Å². The number of hydrogen-bond acceptors (Lipinski definition) is 3. The Kier molecular flexibility index (Phi) is 2.90. The maximum absolute atomic E-state index is 12.1. The highest BCUT2D eigenvalue weighted by molar-refractivity contribution is 8.01. The molecule has 90 valence electrons. The Balaban J connectivity index is 2.19. The Morgan fingerprint density at radius 1 is 1.69 bits per heavy atom. The summed E-state index contributed by atoms with van der Waals surface area (Å²) in [6.07, 6.45) is 1.46. The van der Waals surface area contributed by atoms with Gasteiger partial charge in [0.05, 0.1) is 4.87 Å². The third-order valence-electron chi connectivity index (χ3n) is 3.58. The fraction of sp³-hybridized carbons (Fsp3) is 0.818. The molecule has 0 spiro atoms. The lowest BCUT2D eigenvalue weighted by Crippen LogP contribution is -2.50.